The van der Waals surface area contributed by atoms with Crippen LogP contribution >= 0.6 is 0 Å². The molecule has 3 aliphatic rings. The lowest BCUT2D eigenvalue weighted by atomic mass is 9.89. The predicted molar refractivity (Wildman–Crippen MR) is 137 cm³/mol. The molecule has 7 nitrogen and oxygen atoms in total. The van der Waals surface area contributed by atoms with Crippen molar-refractivity contribution >= 4 is 11.8 Å². The molecule has 0 radical (unpaired) electrons. The van der Waals surface area contributed by atoms with Gasteiger partial charge in [0.2, 0.25) is 0 Å². The normalized spacial score (nSPS) is 20.7. The summed E-state index contributed by atoms with van der Waals surface area (Å²) in [5.41, 5.74) is 6.14. The molecule has 0 spiro atoms. The van der Waals surface area contributed by atoms with Crippen molar-refractivity contribution < 1.29 is 18.7 Å². The zero-order valence-electron chi connectivity index (χ0n) is 21.4. The van der Waals surface area contributed by atoms with Gasteiger partial charge in [-0.2, -0.15) is 5.10 Å². The highest BCUT2D eigenvalue weighted by Gasteiger charge is 2.36. The van der Waals surface area contributed by atoms with Crippen LogP contribution in [0.3, 0.4) is 0 Å². The number of ether oxygens (including phenoxy) is 1. The van der Waals surface area contributed by atoms with E-state index in [1.165, 1.54) is 6.07 Å². The van der Waals surface area contributed by atoms with Crippen LogP contribution in [-0.2, 0) is 24.1 Å². The van der Waals surface area contributed by atoms with Crippen molar-refractivity contribution in [3.63, 3.8) is 0 Å². The van der Waals surface area contributed by atoms with Gasteiger partial charge in [0.1, 0.15) is 5.82 Å². The maximum atomic E-state index is 15.3. The number of benzene rings is 2. The van der Waals surface area contributed by atoms with Gasteiger partial charge >= 0.3 is 0 Å². The molecule has 1 aromatic heterocycles. The molecule has 0 saturated carbocycles. The Morgan fingerprint density at radius 2 is 2.03 bits per heavy atom. The lowest BCUT2D eigenvalue weighted by Crippen LogP contribution is -2.35. The Kier molecular flexibility index (Phi) is 5.67. The topological polar surface area (TPSA) is 87.3 Å². The molecule has 2 unspecified atom stereocenters. The van der Waals surface area contributed by atoms with E-state index in [-0.39, 0.29) is 34.9 Å². The first-order valence-electron chi connectivity index (χ1n) is 12.9. The van der Waals surface area contributed by atoms with Gasteiger partial charge in [-0.25, -0.2) is 4.39 Å². The first-order chi connectivity index (χ1) is 17.7. The molecule has 1 saturated heterocycles. The van der Waals surface area contributed by atoms with E-state index in [0.29, 0.717) is 36.4 Å². The van der Waals surface area contributed by atoms with Crippen LogP contribution in [0.4, 0.5) is 4.39 Å². The number of hydrogen-bond donors (Lipinski definition) is 2. The molecule has 0 bridgehead atoms. The fourth-order valence-electron chi connectivity index (χ4n) is 5.88. The van der Waals surface area contributed by atoms with Crippen molar-refractivity contribution in [3.8, 4) is 11.3 Å². The molecule has 6 rings (SSSR count). The number of rotatable bonds is 5. The summed E-state index contributed by atoms with van der Waals surface area (Å²) in [7, 11) is 0. The van der Waals surface area contributed by atoms with Gasteiger partial charge in [0.25, 0.3) is 11.8 Å². The van der Waals surface area contributed by atoms with Crippen molar-refractivity contribution in [3.05, 3.63) is 75.7 Å². The Labute approximate surface area is 215 Å². The summed E-state index contributed by atoms with van der Waals surface area (Å²) in [4.78, 5) is 27.5. The maximum absolute atomic E-state index is 15.3. The number of aromatic nitrogens is 2. The lowest BCUT2D eigenvalue weighted by molar-refractivity contribution is 0.0712. The number of nitrogens with one attached hydrogen (secondary N) is 2. The first kappa shape index (κ1) is 23.9. The largest absolute Gasteiger partial charge is 0.379 e. The van der Waals surface area contributed by atoms with Gasteiger partial charge in [-0.1, -0.05) is 26.0 Å². The third kappa shape index (κ3) is 4.23. The SMILES string of the molecule is CC(c1ccc(C(=O)NC2CCOC2)cc1)N1Cc2cc(-c3n[nH]c4c3CC(C)(C)C4)cc(F)c2C1=O. The number of H-pyrrole nitrogens is 1. The van der Waals surface area contributed by atoms with E-state index in [1.807, 2.05) is 25.1 Å². The van der Waals surface area contributed by atoms with E-state index in [2.05, 4.69) is 29.4 Å². The van der Waals surface area contributed by atoms with Crippen molar-refractivity contribution in [2.45, 2.75) is 58.7 Å². The number of aromatic amines is 1. The van der Waals surface area contributed by atoms with Crippen LogP contribution in [0.15, 0.2) is 36.4 Å². The average Bonchev–Trinajstić information content (AvgIpc) is 3.63. The monoisotopic (exact) mass is 502 g/mol. The predicted octanol–water partition coefficient (Wildman–Crippen LogP) is 4.58. The van der Waals surface area contributed by atoms with Crippen molar-refractivity contribution in [1.82, 2.24) is 20.4 Å². The zero-order chi connectivity index (χ0) is 25.9. The molecule has 2 aromatic carbocycles. The maximum Gasteiger partial charge on any atom is 0.257 e. The zero-order valence-corrected chi connectivity index (χ0v) is 21.4. The van der Waals surface area contributed by atoms with E-state index in [0.717, 1.165) is 41.8 Å². The van der Waals surface area contributed by atoms with Crippen LogP contribution in [-0.4, -0.2) is 46.2 Å². The number of carbonyl (C=O) groups excluding carboxylic acids is 2. The number of nitrogens with zero attached hydrogens (tertiary/aromatic N) is 2. The quantitative estimate of drug-likeness (QED) is 0.535. The number of fused-ring (bicyclic) bond motifs is 2. The van der Waals surface area contributed by atoms with E-state index >= 15 is 4.39 Å². The second-order valence-electron chi connectivity index (χ2n) is 11.3. The Morgan fingerprint density at radius 1 is 1.24 bits per heavy atom. The van der Waals surface area contributed by atoms with Gasteiger partial charge < -0.3 is 15.0 Å². The number of hydrogen-bond acceptors (Lipinski definition) is 4. The third-order valence-electron chi connectivity index (χ3n) is 7.91. The summed E-state index contributed by atoms with van der Waals surface area (Å²) in [6.45, 7) is 7.89. The molecule has 3 heterocycles. The Hall–Kier alpha value is -3.52. The third-order valence-corrected chi connectivity index (χ3v) is 7.91. The molecular formula is C29H31FN4O3. The summed E-state index contributed by atoms with van der Waals surface area (Å²) in [5.74, 6) is -0.964. The molecule has 2 N–H and O–H groups in total. The Bertz CT molecular complexity index is 1390. The smallest absolute Gasteiger partial charge is 0.257 e. The number of halogens is 1. The number of amides is 2. The molecule has 3 aromatic rings. The van der Waals surface area contributed by atoms with E-state index in [9.17, 15) is 9.59 Å². The van der Waals surface area contributed by atoms with E-state index in [4.69, 9.17) is 4.74 Å². The van der Waals surface area contributed by atoms with Crippen LogP contribution < -0.4 is 5.32 Å². The molecule has 1 aliphatic carbocycles. The highest BCUT2D eigenvalue weighted by atomic mass is 19.1. The Balaban J connectivity index is 1.21. The second-order valence-corrected chi connectivity index (χ2v) is 11.3. The van der Waals surface area contributed by atoms with E-state index in [1.54, 1.807) is 17.0 Å². The van der Waals surface area contributed by atoms with Gasteiger partial charge in [-0.15, -0.1) is 0 Å². The van der Waals surface area contributed by atoms with Gasteiger partial charge in [-0.05, 0) is 67.0 Å². The standard InChI is InChI=1S/C29H31FN4O3/c1-16(17-4-6-18(7-5-17)27(35)31-21-8-9-37-15-21)34-14-20-10-19(11-23(30)25(20)28(34)36)26-22-12-29(2,3)13-24(22)32-33-26/h4-7,10-11,16,21H,8-9,12-15H2,1-3H3,(H,31,35)(H,32,33). The van der Waals surface area contributed by atoms with Crippen molar-refractivity contribution in [2.24, 2.45) is 5.41 Å². The summed E-state index contributed by atoms with van der Waals surface area (Å²) in [6.07, 6.45) is 2.62. The highest BCUT2D eigenvalue weighted by Crippen LogP contribution is 2.41. The molecule has 2 atom stereocenters. The molecule has 1 fully saturated rings. The summed E-state index contributed by atoms with van der Waals surface area (Å²) < 4.78 is 20.6. The molecule has 37 heavy (non-hydrogen) atoms. The van der Waals surface area contributed by atoms with Gasteiger partial charge in [-0.3, -0.25) is 14.7 Å². The highest BCUT2D eigenvalue weighted by molar-refractivity contribution is 5.99. The summed E-state index contributed by atoms with van der Waals surface area (Å²) in [5, 5.41) is 10.6. The molecule has 192 valence electrons. The summed E-state index contributed by atoms with van der Waals surface area (Å²) >= 11 is 0. The van der Waals surface area contributed by atoms with Crippen LogP contribution in [0, 0.1) is 11.2 Å². The summed E-state index contributed by atoms with van der Waals surface area (Å²) in [6, 6.07) is 10.4. The van der Waals surface area contributed by atoms with Crippen LogP contribution in [0.2, 0.25) is 0 Å². The van der Waals surface area contributed by atoms with Crippen LogP contribution in [0.5, 0.6) is 0 Å². The molecule has 2 aliphatic heterocycles. The average molecular weight is 503 g/mol. The minimum absolute atomic E-state index is 0.0422. The first-order valence-corrected chi connectivity index (χ1v) is 12.9. The van der Waals surface area contributed by atoms with Crippen molar-refractivity contribution in [1.29, 1.82) is 0 Å². The molecule has 8 heteroatoms. The molecular weight excluding hydrogens is 471 g/mol. The Morgan fingerprint density at radius 3 is 2.76 bits per heavy atom. The van der Waals surface area contributed by atoms with Crippen LogP contribution in [0.1, 0.15) is 76.3 Å². The minimum atomic E-state index is -0.510. The number of carbonyl (C=O) groups is 2. The lowest BCUT2D eigenvalue weighted by Gasteiger charge is -2.25. The fourth-order valence-corrected chi connectivity index (χ4v) is 5.88. The van der Waals surface area contributed by atoms with Crippen molar-refractivity contribution in [2.75, 3.05) is 13.2 Å². The molecule has 2 amide bonds. The van der Waals surface area contributed by atoms with Gasteiger partial charge in [0.15, 0.2) is 0 Å². The minimum Gasteiger partial charge on any atom is -0.379 e. The second kappa shape index (κ2) is 8.80. The van der Waals surface area contributed by atoms with E-state index < -0.39 is 5.82 Å². The van der Waals surface area contributed by atoms with Crippen LogP contribution in [0.25, 0.3) is 11.3 Å². The van der Waals surface area contributed by atoms with Gasteiger partial charge in [0.05, 0.1) is 29.9 Å². The fraction of sp³-hybridized carbons (Fsp3) is 0.414. The van der Waals surface area contributed by atoms with Gasteiger partial charge in [0, 0.05) is 35.5 Å².